The fourth-order valence-corrected chi connectivity index (χ4v) is 3.13. The lowest BCUT2D eigenvalue weighted by Gasteiger charge is -2.15. The van der Waals surface area contributed by atoms with E-state index in [9.17, 15) is 10.1 Å². The molecule has 0 aliphatic carbocycles. The van der Waals surface area contributed by atoms with Crippen LogP contribution >= 0.6 is 0 Å². The van der Waals surface area contributed by atoms with Gasteiger partial charge in [0.2, 0.25) is 0 Å². The summed E-state index contributed by atoms with van der Waals surface area (Å²) in [6, 6.07) is 18.1. The van der Waals surface area contributed by atoms with Crippen molar-refractivity contribution in [3.63, 3.8) is 0 Å². The van der Waals surface area contributed by atoms with Gasteiger partial charge in [0, 0.05) is 16.8 Å². The number of pyridine rings is 1. The zero-order valence-corrected chi connectivity index (χ0v) is 16.5. The van der Waals surface area contributed by atoms with E-state index >= 15 is 0 Å². The van der Waals surface area contributed by atoms with Crippen LogP contribution in [-0.4, -0.2) is 11.6 Å². The van der Waals surface area contributed by atoms with Crippen LogP contribution in [0, 0.1) is 25.2 Å². The van der Waals surface area contributed by atoms with Crippen molar-refractivity contribution in [1.82, 2.24) is 4.98 Å². The number of nitriles is 1. The highest BCUT2D eigenvalue weighted by Crippen LogP contribution is 2.36. The van der Waals surface area contributed by atoms with E-state index in [1.165, 1.54) is 5.56 Å². The van der Waals surface area contributed by atoms with Gasteiger partial charge in [0.15, 0.2) is 0 Å². The second-order valence-electron chi connectivity index (χ2n) is 6.96. The fraction of sp³-hybridized carbons (Fsp3) is 0.250. The fourth-order valence-electron chi connectivity index (χ4n) is 3.13. The number of aryl methyl sites for hydroxylation is 2. The molecule has 0 radical (unpaired) electrons. The molecule has 0 saturated carbocycles. The molecule has 0 aliphatic heterocycles. The van der Waals surface area contributed by atoms with E-state index in [-0.39, 0.29) is 11.1 Å². The van der Waals surface area contributed by atoms with Gasteiger partial charge in [-0.2, -0.15) is 5.26 Å². The molecule has 3 rings (SSSR count). The molecule has 0 unspecified atom stereocenters. The SMILES string of the molecule is CCCCOc1ccc(-c2ccc(C)cc2)cc1-c1cc(C)[nH]c(=O)c1C#N. The van der Waals surface area contributed by atoms with Crippen molar-refractivity contribution in [2.24, 2.45) is 0 Å². The molecule has 1 heterocycles. The average molecular weight is 372 g/mol. The number of benzene rings is 2. The molecule has 0 spiro atoms. The quantitative estimate of drug-likeness (QED) is 0.591. The number of H-pyrrole nitrogens is 1. The largest absolute Gasteiger partial charge is 0.493 e. The average Bonchev–Trinajstić information content (AvgIpc) is 2.68. The summed E-state index contributed by atoms with van der Waals surface area (Å²) < 4.78 is 6.00. The van der Waals surface area contributed by atoms with Gasteiger partial charge >= 0.3 is 0 Å². The number of hydrogen-bond acceptors (Lipinski definition) is 3. The Bertz CT molecular complexity index is 1070. The lowest BCUT2D eigenvalue weighted by atomic mass is 9.95. The van der Waals surface area contributed by atoms with Crippen LogP contribution in [0.2, 0.25) is 0 Å². The molecule has 142 valence electrons. The van der Waals surface area contributed by atoms with Crippen LogP contribution in [0.25, 0.3) is 22.3 Å². The molecule has 1 aromatic heterocycles. The number of aromatic nitrogens is 1. The van der Waals surface area contributed by atoms with Crippen LogP contribution in [0.4, 0.5) is 0 Å². The summed E-state index contributed by atoms with van der Waals surface area (Å²) in [5.74, 6) is 0.686. The lowest BCUT2D eigenvalue weighted by Crippen LogP contribution is -2.13. The summed E-state index contributed by atoms with van der Waals surface area (Å²) in [6.45, 7) is 6.57. The molecule has 0 amide bonds. The molecule has 2 aromatic carbocycles. The normalized spacial score (nSPS) is 10.5. The van der Waals surface area contributed by atoms with E-state index in [0.29, 0.717) is 23.6 Å². The summed E-state index contributed by atoms with van der Waals surface area (Å²) >= 11 is 0. The highest BCUT2D eigenvalue weighted by Gasteiger charge is 2.16. The minimum Gasteiger partial charge on any atom is -0.493 e. The number of rotatable bonds is 6. The zero-order chi connectivity index (χ0) is 20.1. The van der Waals surface area contributed by atoms with Crippen LogP contribution in [0.15, 0.2) is 53.3 Å². The number of ether oxygens (including phenoxy) is 1. The lowest BCUT2D eigenvalue weighted by molar-refractivity contribution is 0.310. The second kappa shape index (κ2) is 8.58. The van der Waals surface area contributed by atoms with Gasteiger partial charge in [-0.05, 0) is 49.6 Å². The van der Waals surface area contributed by atoms with E-state index in [2.05, 4.69) is 49.2 Å². The predicted octanol–water partition coefficient (Wildman–Crippen LogP) is 5.38. The van der Waals surface area contributed by atoms with Gasteiger partial charge in [0.05, 0.1) is 6.61 Å². The maximum atomic E-state index is 12.3. The van der Waals surface area contributed by atoms with E-state index in [0.717, 1.165) is 29.5 Å². The minimum absolute atomic E-state index is 0.104. The standard InChI is InChI=1S/C24H24N2O2/c1-4-5-12-28-23-11-10-19(18-8-6-16(2)7-9-18)14-21(23)20-13-17(3)26-24(27)22(20)15-25/h6-11,13-14H,4-5,12H2,1-3H3,(H,26,27). The van der Waals surface area contributed by atoms with Crippen molar-refractivity contribution < 1.29 is 4.74 Å². The van der Waals surface area contributed by atoms with Crippen molar-refractivity contribution in [3.8, 4) is 34.1 Å². The number of aromatic amines is 1. The first-order valence-corrected chi connectivity index (χ1v) is 9.51. The highest BCUT2D eigenvalue weighted by molar-refractivity contribution is 5.80. The van der Waals surface area contributed by atoms with E-state index in [1.54, 1.807) is 0 Å². The van der Waals surface area contributed by atoms with Crippen LogP contribution in [0.3, 0.4) is 0 Å². The van der Waals surface area contributed by atoms with Gasteiger partial charge in [-0.15, -0.1) is 0 Å². The summed E-state index contributed by atoms with van der Waals surface area (Å²) in [7, 11) is 0. The second-order valence-corrected chi connectivity index (χ2v) is 6.96. The summed E-state index contributed by atoms with van der Waals surface area (Å²) in [5.41, 5.74) is 5.08. The Kier molecular flexibility index (Phi) is 5.96. The van der Waals surface area contributed by atoms with Gasteiger partial charge in [0.25, 0.3) is 5.56 Å². The molecule has 4 heteroatoms. The minimum atomic E-state index is -0.377. The summed E-state index contributed by atoms with van der Waals surface area (Å²) in [5, 5.41) is 9.56. The van der Waals surface area contributed by atoms with Crippen molar-refractivity contribution in [3.05, 3.63) is 75.7 Å². The van der Waals surface area contributed by atoms with Gasteiger partial charge in [0.1, 0.15) is 17.4 Å². The van der Waals surface area contributed by atoms with Crippen LogP contribution in [-0.2, 0) is 0 Å². The topological polar surface area (TPSA) is 65.9 Å². The Morgan fingerprint density at radius 3 is 2.39 bits per heavy atom. The van der Waals surface area contributed by atoms with Gasteiger partial charge in [-0.3, -0.25) is 4.79 Å². The summed E-state index contributed by atoms with van der Waals surface area (Å²) in [6.07, 6.45) is 1.98. The first-order valence-electron chi connectivity index (χ1n) is 9.51. The zero-order valence-electron chi connectivity index (χ0n) is 16.5. The van der Waals surface area contributed by atoms with Crippen molar-refractivity contribution in [2.75, 3.05) is 6.61 Å². The van der Waals surface area contributed by atoms with Crippen LogP contribution < -0.4 is 10.3 Å². The van der Waals surface area contributed by atoms with E-state index in [4.69, 9.17) is 4.74 Å². The molecular weight excluding hydrogens is 348 g/mol. The number of nitrogens with zero attached hydrogens (tertiary/aromatic N) is 1. The predicted molar refractivity (Wildman–Crippen MR) is 113 cm³/mol. The number of unbranched alkanes of at least 4 members (excludes halogenated alkanes) is 1. The first-order chi connectivity index (χ1) is 13.5. The summed E-state index contributed by atoms with van der Waals surface area (Å²) in [4.78, 5) is 15.0. The molecule has 3 aromatic rings. The molecule has 1 N–H and O–H groups in total. The van der Waals surface area contributed by atoms with Crippen molar-refractivity contribution >= 4 is 0 Å². The van der Waals surface area contributed by atoms with Gasteiger partial charge in [-0.1, -0.05) is 49.2 Å². The molecule has 0 aliphatic rings. The van der Waals surface area contributed by atoms with E-state index in [1.807, 2.05) is 31.2 Å². The number of hydrogen-bond donors (Lipinski definition) is 1. The van der Waals surface area contributed by atoms with Crippen molar-refractivity contribution in [1.29, 1.82) is 5.26 Å². The molecule has 4 nitrogen and oxygen atoms in total. The third-order valence-electron chi connectivity index (χ3n) is 4.69. The Hall–Kier alpha value is -3.32. The van der Waals surface area contributed by atoms with Gasteiger partial charge < -0.3 is 9.72 Å². The maximum absolute atomic E-state index is 12.3. The Labute approximate surface area is 165 Å². The monoisotopic (exact) mass is 372 g/mol. The third kappa shape index (κ3) is 4.15. The van der Waals surface area contributed by atoms with Crippen molar-refractivity contribution in [2.45, 2.75) is 33.6 Å². The van der Waals surface area contributed by atoms with Crippen LogP contribution in [0.5, 0.6) is 5.75 Å². The molecule has 28 heavy (non-hydrogen) atoms. The molecule has 0 saturated heterocycles. The Morgan fingerprint density at radius 2 is 1.71 bits per heavy atom. The van der Waals surface area contributed by atoms with Gasteiger partial charge in [-0.25, -0.2) is 0 Å². The Balaban J connectivity index is 2.18. The van der Waals surface area contributed by atoms with Crippen LogP contribution in [0.1, 0.15) is 36.6 Å². The molecule has 0 atom stereocenters. The maximum Gasteiger partial charge on any atom is 0.266 e. The molecule has 0 fully saturated rings. The molecule has 0 bridgehead atoms. The smallest absolute Gasteiger partial charge is 0.266 e. The Morgan fingerprint density at radius 1 is 1.00 bits per heavy atom. The first kappa shape index (κ1) is 19.4. The molecular formula is C24H24N2O2. The number of nitrogens with one attached hydrogen (secondary N) is 1. The van der Waals surface area contributed by atoms with E-state index < -0.39 is 0 Å². The highest BCUT2D eigenvalue weighted by atomic mass is 16.5. The third-order valence-corrected chi connectivity index (χ3v) is 4.69.